The summed E-state index contributed by atoms with van der Waals surface area (Å²) in [4.78, 5) is 24.0. The second kappa shape index (κ2) is 11.2. The number of hydrogen-bond donors (Lipinski definition) is 2. The lowest BCUT2D eigenvalue weighted by atomic mass is 9.91. The first-order valence-electron chi connectivity index (χ1n) is 13.5. The fraction of sp³-hybridized carbons (Fsp3) is 0.519. The first-order chi connectivity index (χ1) is 19.5. The normalized spacial score (nSPS) is 20.4. The number of hydrogen-bond acceptors (Lipinski definition) is 5. The van der Waals surface area contributed by atoms with Gasteiger partial charge in [-0.3, -0.25) is 4.79 Å². The molecule has 4 heterocycles. The van der Waals surface area contributed by atoms with Gasteiger partial charge in [0.15, 0.2) is 11.6 Å². The predicted octanol–water partition coefficient (Wildman–Crippen LogP) is 4.30. The van der Waals surface area contributed by atoms with Crippen LogP contribution in [0.3, 0.4) is 0 Å². The molecule has 1 unspecified atom stereocenters. The van der Waals surface area contributed by atoms with Crippen molar-refractivity contribution < 1.29 is 26.7 Å². The number of fused-ring (bicyclic) bond motifs is 1. The Morgan fingerprint density at radius 2 is 1.76 bits per heavy atom. The molecule has 6 rings (SSSR count). The molecule has 9 nitrogen and oxygen atoms in total. The monoisotopic (exact) mass is 579 g/mol. The highest BCUT2D eigenvalue weighted by molar-refractivity contribution is 5.72. The Hall–Kier alpha value is -3.84. The van der Waals surface area contributed by atoms with Gasteiger partial charge in [-0.2, -0.15) is 18.3 Å². The number of alkyl halides is 3. The van der Waals surface area contributed by atoms with Crippen molar-refractivity contribution >= 4 is 6.03 Å². The summed E-state index contributed by atoms with van der Waals surface area (Å²) in [5, 5.41) is 13.9. The second-order valence-electron chi connectivity index (χ2n) is 10.8. The first kappa shape index (κ1) is 28.7. The fourth-order valence-electron chi connectivity index (χ4n) is 5.82. The number of halogens is 5. The van der Waals surface area contributed by atoms with Crippen molar-refractivity contribution in [2.75, 3.05) is 13.1 Å². The average Bonchev–Trinajstić information content (AvgIpc) is 3.71. The van der Waals surface area contributed by atoms with Gasteiger partial charge in [0.2, 0.25) is 0 Å². The summed E-state index contributed by atoms with van der Waals surface area (Å²) >= 11 is 0. The van der Waals surface area contributed by atoms with E-state index in [9.17, 15) is 31.5 Å². The van der Waals surface area contributed by atoms with Gasteiger partial charge >= 0.3 is 12.2 Å². The maximum atomic E-state index is 14.2. The van der Waals surface area contributed by atoms with E-state index in [2.05, 4.69) is 20.4 Å². The van der Waals surface area contributed by atoms with Crippen LogP contribution in [-0.2, 0) is 18.4 Å². The van der Waals surface area contributed by atoms with E-state index in [4.69, 9.17) is 5.73 Å². The number of rotatable bonds is 3. The molecule has 0 spiro atoms. The number of aryl methyl sites for hydroxylation is 1. The maximum absolute atomic E-state index is 14.2. The summed E-state index contributed by atoms with van der Waals surface area (Å²) in [6.45, 7) is 1.36. The predicted molar refractivity (Wildman–Crippen MR) is 137 cm³/mol. The molecule has 220 valence electrons. The van der Waals surface area contributed by atoms with Crippen molar-refractivity contribution in [3.05, 3.63) is 75.2 Å². The molecule has 3 aromatic rings. The Bertz CT molecular complexity index is 1460. The van der Waals surface area contributed by atoms with Crippen molar-refractivity contribution in [2.45, 2.75) is 74.9 Å². The lowest BCUT2D eigenvalue weighted by molar-refractivity contribution is -0.163. The van der Waals surface area contributed by atoms with Gasteiger partial charge in [0.25, 0.3) is 5.56 Å². The average molecular weight is 580 g/mol. The van der Waals surface area contributed by atoms with E-state index in [-0.39, 0.29) is 48.3 Å². The maximum Gasteiger partial charge on any atom is 0.401 e. The smallest absolute Gasteiger partial charge is 0.351 e. The van der Waals surface area contributed by atoms with Crippen molar-refractivity contribution in [1.29, 1.82) is 0 Å². The molecule has 3 aliphatic rings. The first-order valence-corrected chi connectivity index (χ1v) is 13.5. The van der Waals surface area contributed by atoms with Crippen molar-refractivity contribution in [2.24, 2.45) is 5.73 Å². The van der Waals surface area contributed by atoms with Gasteiger partial charge in [-0.1, -0.05) is 12.1 Å². The number of primary amides is 1. The van der Waals surface area contributed by atoms with Crippen LogP contribution in [0.25, 0.3) is 0 Å². The van der Waals surface area contributed by atoms with Gasteiger partial charge in [0.05, 0.1) is 0 Å². The molecular weight excluding hydrogens is 549 g/mol. The van der Waals surface area contributed by atoms with Gasteiger partial charge in [0.1, 0.15) is 17.1 Å². The molecule has 1 aromatic carbocycles. The lowest BCUT2D eigenvalue weighted by Crippen LogP contribution is -2.41. The zero-order valence-corrected chi connectivity index (χ0v) is 22.1. The zero-order chi connectivity index (χ0) is 29.4. The molecule has 2 aromatic heterocycles. The van der Waals surface area contributed by atoms with E-state index in [1.807, 2.05) is 0 Å². The third-order valence-corrected chi connectivity index (χ3v) is 8.33. The number of aromatic nitrogens is 5. The molecule has 1 aliphatic carbocycles. The van der Waals surface area contributed by atoms with E-state index in [1.165, 1.54) is 16.7 Å². The van der Waals surface area contributed by atoms with Crippen molar-refractivity contribution in [3.8, 4) is 0 Å². The van der Waals surface area contributed by atoms with Crippen molar-refractivity contribution in [1.82, 2.24) is 29.9 Å². The summed E-state index contributed by atoms with van der Waals surface area (Å²) in [6, 6.07) is 5.30. The molecule has 0 radical (unpaired) electrons. The Balaban J connectivity index is 0.000000182. The quantitative estimate of drug-likeness (QED) is 0.448. The number of urea groups is 1. The second-order valence-corrected chi connectivity index (χ2v) is 10.8. The van der Waals surface area contributed by atoms with Crippen LogP contribution in [0.4, 0.5) is 26.7 Å². The van der Waals surface area contributed by atoms with Crippen LogP contribution in [0.1, 0.15) is 73.1 Å². The Labute approximate surface area is 231 Å². The zero-order valence-electron chi connectivity index (χ0n) is 22.1. The molecule has 2 fully saturated rings. The summed E-state index contributed by atoms with van der Waals surface area (Å²) < 4.78 is 69.6. The number of nitrogens with two attached hydrogens (primary N) is 1. The molecule has 0 bridgehead atoms. The van der Waals surface area contributed by atoms with E-state index in [0.717, 1.165) is 24.5 Å². The molecule has 1 saturated heterocycles. The minimum Gasteiger partial charge on any atom is -0.351 e. The van der Waals surface area contributed by atoms with Gasteiger partial charge in [-0.25, -0.2) is 18.7 Å². The van der Waals surface area contributed by atoms with Gasteiger partial charge in [0, 0.05) is 43.7 Å². The summed E-state index contributed by atoms with van der Waals surface area (Å²) in [5.74, 6) is -1.68. The number of likely N-dealkylation sites (tertiary alicyclic amines) is 1. The molecule has 1 atom stereocenters. The number of H-pyrrole nitrogens is 1. The number of carbonyl (C=O) groups excluding carboxylic acids is 1. The van der Waals surface area contributed by atoms with Crippen molar-refractivity contribution in [3.63, 3.8) is 0 Å². The van der Waals surface area contributed by atoms with E-state index in [0.29, 0.717) is 38.2 Å². The molecule has 3 N–H and O–H groups in total. The summed E-state index contributed by atoms with van der Waals surface area (Å²) in [6.07, 6.45) is 0.404. The number of nitrogens with zero attached hydrogens (tertiary/aromatic N) is 5. The molecular formula is C27H30F5N7O2. The number of aromatic amines is 1. The minimum absolute atomic E-state index is 0.00632. The van der Waals surface area contributed by atoms with E-state index >= 15 is 0 Å². The highest BCUT2D eigenvalue weighted by atomic mass is 19.4. The molecule has 41 heavy (non-hydrogen) atoms. The summed E-state index contributed by atoms with van der Waals surface area (Å²) in [7, 11) is 0. The minimum atomic E-state index is -4.39. The lowest BCUT2D eigenvalue weighted by Gasteiger charge is -2.30. The topological polar surface area (TPSA) is 123 Å². The number of carbonyl (C=O) groups is 1. The number of piperidine rings is 1. The Morgan fingerprint density at radius 1 is 1.02 bits per heavy atom. The molecule has 14 heteroatoms. The molecule has 2 aliphatic heterocycles. The van der Waals surface area contributed by atoms with Gasteiger partial charge < -0.3 is 15.2 Å². The van der Waals surface area contributed by atoms with Crippen LogP contribution >= 0.6 is 0 Å². The largest absolute Gasteiger partial charge is 0.401 e. The number of amides is 2. The highest BCUT2D eigenvalue weighted by Gasteiger charge is 2.67. The van der Waals surface area contributed by atoms with Crippen LogP contribution < -0.4 is 11.3 Å². The highest BCUT2D eigenvalue weighted by Crippen LogP contribution is 2.58. The van der Waals surface area contributed by atoms with E-state index < -0.39 is 29.1 Å². The summed E-state index contributed by atoms with van der Waals surface area (Å²) in [5.41, 5.74) is 4.06. The Kier molecular flexibility index (Phi) is 7.84. The Morgan fingerprint density at radius 3 is 2.39 bits per heavy atom. The van der Waals surface area contributed by atoms with Crippen LogP contribution in [0, 0.1) is 11.6 Å². The van der Waals surface area contributed by atoms with Gasteiger partial charge in [-0.15, -0.1) is 10.2 Å². The van der Waals surface area contributed by atoms with E-state index in [1.54, 1.807) is 17.2 Å². The van der Waals surface area contributed by atoms with Crippen LogP contribution in [-0.4, -0.2) is 55.2 Å². The van der Waals surface area contributed by atoms with Crippen LogP contribution in [0.2, 0.25) is 0 Å². The third-order valence-electron chi connectivity index (χ3n) is 8.33. The number of benzene rings is 1. The fourth-order valence-corrected chi connectivity index (χ4v) is 5.82. The van der Waals surface area contributed by atoms with Crippen LogP contribution in [0.15, 0.2) is 35.3 Å². The molecule has 1 saturated carbocycles. The number of nitrogens with one attached hydrogen (secondary N) is 1. The standard InChI is InChI=1S/C17H16F5N3.C10H14N4O2/c18-12-5-2-4-11(14(12)19)10-3-1-6-13-23-24-15(25(13)9-10)16(7-8-16)17(20,21)22;11-10(16)14-5-2-7(3-6-14)8-1-4-12-13-9(8)15/h2,4-5,10H,1,3,6-9H2;1,4,7H,2-3,5-6H2,(H2,11,16)(H,13,15). The SMILES string of the molecule is Fc1cccc(C2CCCc3nnc(C4(C(F)(F)F)CC4)n3C2)c1F.NC(=O)N1CCC(c2ccn[nH]c2=O)CC1. The third kappa shape index (κ3) is 5.68. The molecule has 2 amide bonds. The van der Waals surface area contributed by atoms with Gasteiger partial charge in [-0.05, 0) is 62.1 Å². The van der Waals surface area contributed by atoms with Crippen LogP contribution in [0.5, 0.6) is 0 Å².